The molecule has 88 valence electrons. The summed E-state index contributed by atoms with van der Waals surface area (Å²) in [6, 6.07) is 0. The van der Waals surface area contributed by atoms with E-state index < -0.39 is 0 Å². The zero-order valence-electron chi connectivity index (χ0n) is 9.58. The third kappa shape index (κ3) is 2.46. The Labute approximate surface area is 104 Å². The first-order valence-corrected chi connectivity index (χ1v) is 7.71. The summed E-state index contributed by atoms with van der Waals surface area (Å²) in [5, 5.41) is 0.359. The summed E-state index contributed by atoms with van der Waals surface area (Å²) >= 11 is 3.84. The highest BCUT2D eigenvalue weighted by Gasteiger charge is 2.19. The Bertz CT molecular complexity index is 424. The highest BCUT2D eigenvalue weighted by molar-refractivity contribution is 8.06. The van der Waals surface area contributed by atoms with Crippen molar-refractivity contribution in [2.24, 2.45) is 0 Å². The minimum Gasteiger partial charge on any atom is -0.309 e. The lowest BCUT2D eigenvalue weighted by molar-refractivity contribution is 0.845. The van der Waals surface area contributed by atoms with Gasteiger partial charge in [0.1, 0.15) is 5.82 Å². The quantitative estimate of drug-likeness (QED) is 0.881. The molecule has 3 nitrogen and oxygen atoms in total. The largest absolute Gasteiger partial charge is 0.309 e. The molecule has 16 heavy (non-hydrogen) atoms. The molecule has 1 aromatic rings. The third-order valence-corrected chi connectivity index (χ3v) is 5.49. The highest BCUT2D eigenvalue weighted by Crippen LogP contribution is 2.34. The molecule has 1 fully saturated rings. The van der Waals surface area contributed by atoms with Crippen LogP contribution >= 0.6 is 23.5 Å². The fourth-order valence-corrected chi connectivity index (χ4v) is 4.36. The van der Waals surface area contributed by atoms with E-state index in [9.17, 15) is 4.79 Å². The molecular weight excluding hydrogens is 240 g/mol. The summed E-state index contributed by atoms with van der Waals surface area (Å²) in [6.07, 6.45) is 0.827. The van der Waals surface area contributed by atoms with Crippen molar-refractivity contribution in [2.45, 2.75) is 25.5 Å². The van der Waals surface area contributed by atoms with Crippen LogP contribution in [0, 0.1) is 6.92 Å². The first kappa shape index (κ1) is 12.0. The maximum atomic E-state index is 11.8. The predicted octanol–water partition coefficient (Wildman–Crippen LogP) is 2.16. The van der Waals surface area contributed by atoms with Gasteiger partial charge in [0.15, 0.2) is 0 Å². The molecule has 0 saturated carbocycles. The van der Waals surface area contributed by atoms with Crippen LogP contribution in [-0.2, 0) is 6.42 Å². The van der Waals surface area contributed by atoms with Gasteiger partial charge in [0.2, 0.25) is 0 Å². The average Bonchev–Trinajstić information content (AvgIpc) is 2.33. The Hall–Kier alpha value is -0.420. The van der Waals surface area contributed by atoms with Crippen molar-refractivity contribution in [1.29, 1.82) is 0 Å². The molecule has 0 bridgehead atoms. The summed E-state index contributed by atoms with van der Waals surface area (Å²) in [5.41, 5.74) is 1.73. The minimum atomic E-state index is 0.0259. The van der Waals surface area contributed by atoms with Gasteiger partial charge in [0.25, 0.3) is 5.56 Å². The molecule has 5 heteroatoms. The zero-order valence-corrected chi connectivity index (χ0v) is 11.2. The maximum absolute atomic E-state index is 11.8. The number of aryl methyl sites for hydroxylation is 1. The molecule has 2 heterocycles. The lowest BCUT2D eigenvalue weighted by Crippen LogP contribution is -2.21. The van der Waals surface area contributed by atoms with Gasteiger partial charge in [-0.05, 0) is 13.3 Å². The summed E-state index contributed by atoms with van der Waals surface area (Å²) in [6.45, 7) is 3.89. The smallest absolute Gasteiger partial charge is 0.254 e. The van der Waals surface area contributed by atoms with Crippen LogP contribution in [0.1, 0.15) is 29.3 Å². The zero-order chi connectivity index (χ0) is 11.5. The molecule has 1 aromatic heterocycles. The van der Waals surface area contributed by atoms with Gasteiger partial charge in [0, 0.05) is 22.8 Å². The van der Waals surface area contributed by atoms with Crippen molar-refractivity contribution in [1.82, 2.24) is 9.97 Å². The van der Waals surface area contributed by atoms with Crippen molar-refractivity contribution in [3.63, 3.8) is 0 Å². The number of nitrogens with zero attached hydrogens (tertiary/aromatic N) is 1. The van der Waals surface area contributed by atoms with E-state index in [-0.39, 0.29) is 5.56 Å². The van der Waals surface area contributed by atoms with Crippen LogP contribution in [0.25, 0.3) is 0 Å². The molecule has 2 rings (SSSR count). The summed E-state index contributed by atoms with van der Waals surface area (Å²) in [7, 11) is 0. The van der Waals surface area contributed by atoms with Crippen LogP contribution in [0.5, 0.6) is 0 Å². The number of hydrogen-bond acceptors (Lipinski definition) is 4. The Morgan fingerprint density at radius 1 is 1.50 bits per heavy atom. The summed E-state index contributed by atoms with van der Waals surface area (Å²) < 4.78 is 0. The van der Waals surface area contributed by atoms with Crippen LogP contribution in [0.4, 0.5) is 0 Å². The lowest BCUT2D eigenvalue weighted by Gasteiger charge is -2.20. The number of aromatic amines is 1. The van der Waals surface area contributed by atoms with E-state index in [2.05, 4.69) is 9.97 Å². The topological polar surface area (TPSA) is 45.8 Å². The number of thioether (sulfide) groups is 2. The summed E-state index contributed by atoms with van der Waals surface area (Å²) in [5.74, 6) is 4.27. The number of rotatable bonds is 2. The SMILES string of the molecule is CCc1nc(C2CSCCS2)[nH]c(=O)c1C. The van der Waals surface area contributed by atoms with Gasteiger partial charge < -0.3 is 4.98 Å². The number of aromatic nitrogens is 2. The van der Waals surface area contributed by atoms with E-state index >= 15 is 0 Å². The van der Waals surface area contributed by atoms with Gasteiger partial charge in [0.05, 0.1) is 10.9 Å². The Morgan fingerprint density at radius 2 is 2.31 bits per heavy atom. The highest BCUT2D eigenvalue weighted by atomic mass is 32.2. The Kier molecular flexibility index (Phi) is 3.97. The maximum Gasteiger partial charge on any atom is 0.254 e. The van der Waals surface area contributed by atoms with Crippen LogP contribution in [0.15, 0.2) is 4.79 Å². The first-order valence-electron chi connectivity index (χ1n) is 5.51. The molecule has 1 saturated heterocycles. The lowest BCUT2D eigenvalue weighted by atomic mass is 10.2. The van der Waals surface area contributed by atoms with Gasteiger partial charge in [-0.25, -0.2) is 4.98 Å². The van der Waals surface area contributed by atoms with Crippen LogP contribution < -0.4 is 5.56 Å². The Morgan fingerprint density at radius 3 is 2.94 bits per heavy atom. The second kappa shape index (κ2) is 5.27. The molecule has 1 N–H and O–H groups in total. The van der Waals surface area contributed by atoms with E-state index in [1.165, 1.54) is 5.75 Å². The van der Waals surface area contributed by atoms with E-state index in [0.29, 0.717) is 5.25 Å². The fourth-order valence-electron chi connectivity index (χ4n) is 1.74. The molecule has 1 unspecified atom stereocenters. The molecule has 0 aromatic carbocycles. The van der Waals surface area contributed by atoms with Crippen molar-refractivity contribution in [3.05, 3.63) is 27.4 Å². The normalized spacial score (nSPS) is 21.0. The van der Waals surface area contributed by atoms with Crippen molar-refractivity contribution in [2.75, 3.05) is 17.3 Å². The molecule has 1 aliphatic heterocycles. The number of H-pyrrole nitrogens is 1. The number of nitrogens with one attached hydrogen (secondary N) is 1. The minimum absolute atomic E-state index is 0.0259. The molecule has 0 radical (unpaired) electrons. The van der Waals surface area contributed by atoms with E-state index in [4.69, 9.17) is 0 Å². The third-order valence-electron chi connectivity index (χ3n) is 2.73. The van der Waals surface area contributed by atoms with E-state index in [1.54, 1.807) is 0 Å². The molecule has 0 amide bonds. The molecule has 0 spiro atoms. The second-order valence-corrected chi connectivity index (χ2v) is 6.27. The molecule has 1 atom stereocenters. The van der Waals surface area contributed by atoms with Gasteiger partial charge in [-0.2, -0.15) is 11.8 Å². The molecular formula is C11H16N2OS2. The fraction of sp³-hybridized carbons (Fsp3) is 0.636. The predicted molar refractivity (Wildman–Crippen MR) is 71.5 cm³/mol. The Balaban J connectivity index is 2.33. The van der Waals surface area contributed by atoms with Crippen LogP contribution in [0.2, 0.25) is 0 Å². The van der Waals surface area contributed by atoms with Crippen LogP contribution in [0.3, 0.4) is 0 Å². The average molecular weight is 256 g/mol. The van der Waals surface area contributed by atoms with Gasteiger partial charge in [-0.15, -0.1) is 11.8 Å². The molecule has 1 aliphatic rings. The van der Waals surface area contributed by atoms with Crippen molar-refractivity contribution >= 4 is 23.5 Å². The van der Waals surface area contributed by atoms with Gasteiger partial charge >= 0.3 is 0 Å². The van der Waals surface area contributed by atoms with Gasteiger partial charge in [-0.3, -0.25) is 4.79 Å². The van der Waals surface area contributed by atoms with E-state index in [1.807, 2.05) is 37.4 Å². The van der Waals surface area contributed by atoms with Crippen molar-refractivity contribution < 1.29 is 0 Å². The second-order valence-electron chi connectivity index (χ2n) is 3.81. The monoisotopic (exact) mass is 256 g/mol. The van der Waals surface area contributed by atoms with Gasteiger partial charge in [-0.1, -0.05) is 6.92 Å². The van der Waals surface area contributed by atoms with Crippen molar-refractivity contribution in [3.8, 4) is 0 Å². The first-order chi connectivity index (χ1) is 7.72. The van der Waals surface area contributed by atoms with E-state index in [0.717, 1.165) is 35.0 Å². The number of hydrogen-bond donors (Lipinski definition) is 1. The van der Waals surface area contributed by atoms with Crippen LogP contribution in [-0.4, -0.2) is 27.2 Å². The molecule has 0 aliphatic carbocycles. The summed E-state index contributed by atoms with van der Waals surface area (Å²) in [4.78, 5) is 19.3. The standard InChI is InChI=1S/C11H16N2OS2/c1-3-8-7(2)11(14)13-10(12-8)9-6-15-4-5-16-9/h9H,3-6H2,1-2H3,(H,12,13,14).